The van der Waals surface area contributed by atoms with Crippen molar-refractivity contribution in [1.82, 2.24) is 20.1 Å². The van der Waals surface area contributed by atoms with Gasteiger partial charge in [0.1, 0.15) is 6.61 Å². The molecular weight excluding hydrogens is 272 g/mol. The zero-order chi connectivity index (χ0) is 14.7. The van der Waals surface area contributed by atoms with Crippen LogP contribution in [0, 0.1) is 0 Å². The zero-order valence-electron chi connectivity index (χ0n) is 11.7. The van der Waals surface area contributed by atoms with Gasteiger partial charge in [-0.3, -0.25) is 9.88 Å². The molecule has 1 unspecified atom stereocenters. The Labute approximate surface area is 122 Å². The fraction of sp³-hybridized carbons (Fsp3) is 0.500. The van der Waals surface area contributed by atoms with E-state index in [0.717, 1.165) is 12.0 Å². The highest BCUT2D eigenvalue weighted by molar-refractivity contribution is 5.75. The third kappa shape index (κ3) is 3.07. The van der Waals surface area contributed by atoms with Crippen LogP contribution in [0.1, 0.15) is 5.56 Å². The summed E-state index contributed by atoms with van der Waals surface area (Å²) >= 11 is 0. The van der Waals surface area contributed by atoms with Crippen molar-refractivity contribution in [3.05, 3.63) is 30.1 Å². The minimum atomic E-state index is -0.266. The summed E-state index contributed by atoms with van der Waals surface area (Å²) in [6.45, 7) is 2.59. The Kier molecular flexibility index (Phi) is 3.89. The molecule has 2 aliphatic heterocycles. The quantitative estimate of drug-likeness (QED) is 0.878. The first kappa shape index (κ1) is 13.7. The van der Waals surface area contributed by atoms with E-state index in [0.29, 0.717) is 32.8 Å². The predicted octanol–water partition coefficient (Wildman–Crippen LogP) is 0.470. The van der Waals surface area contributed by atoms with Gasteiger partial charge in [-0.2, -0.15) is 0 Å². The van der Waals surface area contributed by atoms with Crippen LogP contribution in [0.4, 0.5) is 9.59 Å². The standard InChI is InChI=1S/C14H18N4O3/c19-13(16-6-3-11-1-4-15-5-2-11)17-7-8-18-12(9-17)10-21-14(18)20/h1-2,4-5,12H,3,6-10H2,(H,16,19). The van der Waals surface area contributed by atoms with Crippen molar-refractivity contribution in [1.29, 1.82) is 0 Å². The summed E-state index contributed by atoms with van der Waals surface area (Å²) in [5.41, 5.74) is 1.14. The number of cyclic esters (lactones) is 1. The van der Waals surface area contributed by atoms with E-state index in [9.17, 15) is 9.59 Å². The van der Waals surface area contributed by atoms with E-state index < -0.39 is 0 Å². The Balaban J connectivity index is 1.45. The Morgan fingerprint density at radius 1 is 1.38 bits per heavy atom. The van der Waals surface area contributed by atoms with E-state index in [1.54, 1.807) is 22.2 Å². The van der Waals surface area contributed by atoms with Crippen LogP contribution in [0.5, 0.6) is 0 Å². The summed E-state index contributed by atoms with van der Waals surface area (Å²) in [7, 11) is 0. The second-order valence-corrected chi connectivity index (χ2v) is 5.21. The molecule has 0 aromatic carbocycles. The average Bonchev–Trinajstić information content (AvgIpc) is 2.89. The number of fused-ring (bicyclic) bond motifs is 1. The topological polar surface area (TPSA) is 74.8 Å². The fourth-order valence-electron chi connectivity index (χ4n) is 2.65. The molecule has 1 aromatic rings. The molecule has 2 saturated heterocycles. The second kappa shape index (κ2) is 5.99. The first-order valence-corrected chi connectivity index (χ1v) is 7.09. The number of amides is 3. The molecule has 0 saturated carbocycles. The molecule has 3 amide bonds. The minimum absolute atomic E-state index is 0.00259. The molecular formula is C14H18N4O3. The Morgan fingerprint density at radius 3 is 3.00 bits per heavy atom. The average molecular weight is 290 g/mol. The summed E-state index contributed by atoms with van der Waals surface area (Å²) in [5, 5.41) is 2.91. The summed E-state index contributed by atoms with van der Waals surface area (Å²) < 4.78 is 4.99. The number of carbonyl (C=O) groups is 2. The van der Waals surface area contributed by atoms with Gasteiger partial charge in [0.25, 0.3) is 0 Å². The molecule has 3 heterocycles. The molecule has 0 radical (unpaired) electrons. The van der Waals surface area contributed by atoms with Crippen molar-refractivity contribution >= 4 is 12.1 Å². The lowest BCUT2D eigenvalue weighted by atomic mass is 10.2. The van der Waals surface area contributed by atoms with Crippen LogP contribution in [-0.2, 0) is 11.2 Å². The molecule has 1 N–H and O–H groups in total. The van der Waals surface area contributed by atoms with E-state index in [1.807, 2.05) is 12.1 Å². The fourth-order valence-corrected chi connectivity index (χ4v) is 2.65. The highest BCUT2D eigenvalue weighted by Gasteiger charge is 2.38. The molecule has 1 aromatic heterocycles. The predicted molar refractivity (Wildman–Crippen MR) is 74.8 cm³/mol. The lowest BCUT2D eigenvalue weighted by Gasteiger charge is -2.35. The molecule has 0 aliphatic carbocycles. The summed E-state index contributed by atoms with van der Waals surface area (Å²) in [4.78, 5) is 30.9. The first-order chi connectivity index (χ1) is 10.2. The van der Waals surface area contributed by atoms with Gasteiger partial charge >= 0.3 is 12.1 Å². The largest absolute Gasteiger partial charge is 0.447 e. The van der Waals surface area contributed by atoms with Crippen LogP contribution < -0.4 is 5.32 Å². The zero-order valence-corrected chi connectivity index (χ0v) is 11.7. The third-order valence-electron chi connectivity index (χ3n) is 3.84. The second-order valence-electron chi connectivity index (χ2n) is 5.21. The monoisotopic (exact) mass is 290 g/mol. The maximum Gasteiger partial charge on any atom is 0.410 e. The molecule has 2 fully saturated rings. The smallest absolute Gasteiger partial charge is 0.410 e. The minimum Gasteiger partial charge on any atom is -0.447 e. The van der Waals surface area contributed by atoms with Gasteiger partial charge < -0.3 is 15.0 Å². The van der Waals surface area contributed by atoms with Crippen molar-refractivity contribution in [2.24, 2.45) is 0 Å². The Hall–Kier alpha value is -2.31. The van der Waals surface area contributed by atoms with E-state index in [-0.39, 0.29) is 18.2 Å². The number of hydrogen-bond acceptors (Lipinski definition) is 4. The molecule has 21 heavy (non-hydrogen) atoms. The van der Waals surface area contributed by atoms with E-state index in [4.69, 9.17) is 4.74 Å². The Bertz CT molecular complexity index is 522. The van der Waals surface area contributed by atoms with Gasteiger partial charge in [0, 0.05) is 38.6 Å². The van der Waals surface area contributed by atoms with Gasteiger partial charge in [0.2, 0.25) is 0 Å². The molecule has 2 aliphatic rings. The number of hydrogen-bond donors (Lipinski definition) is 1. The molecule has 0 bridgehead atoms. The van der Waals surface area contributed by atoms with Crippen LogP contribution in [0.25, 0.3) is 0 Å². The van der Waals surface area contributed by atoms with Crippen LogP contribution in [-0.4, -0.2) is 65.7 Å². The van der Waals surface area contributed by atoms with Gasteiger partial charge in [-0.15, -0.1) is 0 Å². The number of pyridine rings is 1. The van der Waals surface area contributed by atoms with Crippen LogP contribution in [0.3, 0.4) is 0 Å². The molecule has 1 atom stereocenters. The van der Waals surface area contributed by atoms with Gasteiger partial charge in [0.05, 0.1) is 6.04 Å². The lowest BCUT2D eigenvalue weighted by molar-refractivity contribution is 0.127. The SMILES string of the molecule is O=C(NCCc1ccncc1)N1CCN2C(=O)OCC2C1. The van der Waals surface area contributed by atoms with E-state index in [2.05, 4.69) is 10.3 Å². The molecule has 3 rings (SSSR count). The maximum absolute atomic E-state index is 12.1. The van der Waals surface area contributed by atoms with Crippen molar-refractivity contribution in [2.45, 2.75) is 12.5 Å². The van der Waals surface area contributed by atoms with Crippen LogP contribution in [0.15, 0.2) is 24.5 Å². The number of rotatable bonds is 3. The number of nitrogens with one attached hydrogen (secondary N) is 1. The normalized spacial score (nSPS) is 21.0. The van der Waals surface area contributed by atoms with E-state index in [1.165, 1.54) is 0 Å². The lowest BCUT2D eigenvalue weighted by Crippen LogP contribution is -2.56. The summed E-state index contributed by atoms with van der Waals surface area (Å²) in [5.74, 6) is 0. The molecule has 7 heteroatoms. The van der Waals surface area contributed by atoms with Gasteiger partial charge in [-0.1, -0.05) is 0 Å². The maximum atomic E-state index is 12.1. The molecule has 112 valence electrons. The van der Waals surface area contributed by atoms with Crippen molar-refractivity contribution < 1.29 is 14.3 Å². The van der Waals surface area contributed by atoms with Gasteiger partial charge in [-0.25, -0.2) is 9.59 Å². The third-order valence-corrected chi connectivity index (χ3v) is 3.84. The van der Waals surface area contributed by atoms with Crippen molar-refractivity contribution in [2.75, 3.05) is 32.8 Å². The molecule has 0 spiro atoms. The number of aromatic nitrogens is 1. The summed E-state index contributed by atoms with van der Waals surface area (Å²) in [6, 6.07) is 3.79. The van der Waals surface area contributed by atoms with Gasteiger partial charge in [0.15, 0.2) is 0 Å². The first-order valence-electron chi connectivity index (χ1n) is 7.09. The Morgan fingerprint density at radius 2 is 2.19 bits per heavy atom. The number of piperazine rings is 1. The van der Waals surface area contributed by atoms with Crippen LogP contribution >= 0.6 is 0 Å². The van der Waals surface area contributed by atoms with Crippen molar-refractivity contribution in [3.63, 3.8) is 0 Å². The number of carbonyl (C=O) groups excluding carboxylic acids is 2. The molecule has 7 nitrogen and oxygen atoms in total. The van der Waals surface area contributed by atoms with Crippen LogP contribution in [0.2, 0.25) is 0 Å². The number of urea groups is 1. The van der Waals surface area contributed by atoms with Gasteiger partial charge in [-0.05, 0) is 24.1 Å². The number of ether oxygens (including phenoxy) is 1. The van der Waals surface area contributed by atoms with E-state index >= 15 is 0 Å². The van der Waals surface area contributed by atoms with Crippen molar-refractivity contribution in [3.8, 4) is 0 Å². The number of nitrogens with zero attached hydrogens (tertiary/aromatic N) is 3. The highest BCUT2D eigenvalue weighted by atomic mass is 16.6. The summed E-state index contributed by atoms with van der Waals surface area (Å²) in [6.07, 6.45) is 4.00. The highest BCUT2D eigenvalue weighted by Crippen LogP contribution is 2.17.